The number of alkyl halides is 1. The lowest BCUT2D eigenvalue weighted by Gasteiger charge is -2.09. The van der Waals surface area contributed by atoms with Crippen LogP contribution < -0.4 is 5.32 Å². The monoisotopic (exact) mass is 431 g/mol. The lowest BCUT2D eigenvalue weighted by atomic mass is 10.1. The normalized spacial score (nSPS) is 12.5. The number of carbonyl (C=O) groups is 1. The van der Waals surface area contributed by atoms with Crippen LogP contribution in [-0.4, -0.2) is 17.8 Å². The molecule has 1 heterocycles. The van der Waals surface area contributed by atoms with Gasteiger partial charge in [-0.3, -0.25) is 4.79 Å². The Morgan fingerprint density at radius 2 is 2.25 bits per heavy atom. The Labute approximate surface area is 125 Å². The van der Waals surface area contributed by atoms with Gasteiger partial charge in [0.2, 0.25) is 0 Å². The third-order valence-corrected chi connectivity index (χ3v) is 5.79. The lowest BCUT2D eigenvalue weighted by molar-refractivity contribution is 0.0952. The summed E-state index contributed by atoms with van der Waals surface area (Å²) in [4.78, 5) is 12.5. The molecule has 0 fully saturated rings. The van der Waals surface area contributed by atoms with Gasteiger partial charge < -0.3 is 5.32 Å². The summed E-state index contributed by atoms with van der Waals surface area (Å²) in [5.74, 6) is 0.494. The molecule has 2 nitrogen and oxygen atoms in total. The standard InChI is InChI=1S/C10H12Br3NOS/c1-6(2-3-11)5-14-10(15)8-4-7(12)9(13)16-8/h4,6H,2-3,5H2,1H3,(H,14,15). The summed E-state index contributed by atoms with van der Waals surface area (Å²) in [6.45, 7) is 2.85. The predicted molar refractivity (Wildman–Crippen MR) is 79.6 cm³/mol. The van der Waals surface area contributed by atoms with Crippen molar-refractivity contribution in [2.75, 3.05) is 11.9 Å². The summed E-state index contributed by atoms with van der Waals surface area (Å²) in [5.41, 5.74) is 0. The second-order valence-corrected chi connectivity index (χ2v) is 7.54. The third kappa shape index (κ3) is 4.47. The first-order valence-corrected chi connectivity index (χ1v) is 8.36. The van der Waals surface area contributed by atoms with Gasteiger partial charge in [-0.15, -0.1) is 11.3 Å². The first-order valence-electron chi connectivity index (χ1n) is 4.83. The Balaban J connectivity index is 2.46. The van der Waals surface area contributed by atoms with E-state index in [1.165, 1.54) is 11.3 Å². The Hall–Kier alpha value is 0.610. The molecule has 0 bridgehead atoms. The van der Waals surface area contributed by atoms with E-state index in [2.05, 4.69) is 60.0 Å². The first kappa shape index (κ1) is 14.7. The zero-order valence-electron chi connectivity index (χ0n) is 8.73. The fourth-order valence-electron chi connectivity index (χ4n) is 1.10. The zero-order chi connectivity index (χ0) is 12.1. The summed E-state index contributed by atoms with van der Waals surface area (Å²) in [6, 6.07) is 1.83. The van der Waals surface area contributed by atoms with Crippen LogP contribution in [0.15, 0.2) is 14.3 Å². The maximum Gasteiger partial charge on any atom is 0.261 e. The van der Waals surface area contributed by atoms with E-state index in [1.54, 1.807) is 0 Å². The molecule has 0 saturated heterocycles. The highest BCUT2D eigenvalue weighted by Gasteiger charge is 2.12. The minimum Gasteiger partial charge on any atom is -0.351 e. The van der Waals surface area contributed by atoms with Crippen LogP contribution in [0.3, 0.4) is 0 Å². The van der Waals surface area contributed by atoms with Crippen LogP contribution >= 0.6 is 59.1 Å². The van der Waals surface area contributed by atoms with E-state index in [0.717, 1.165) is 31.4 Å². The van der Waals surface area contributed by atoms with Crippen molar-refractivity contribution in [1.29, 1.82) is 0 Å². The number of hydrogen-bond acceptors (Lipinski definition) is 2. The molecule has 0 aliphatic rings. The lowest BCUT2D eigenvalue weighted by Crippen LogP contribution is -2.27. The maximum absolute atomic E-state index is 11.8. The Bertz CT molecular complexity index is 347. The first-order chi connectivity index (χ1) is 7.54. The molecule has 6 heteroatoms. The molecule has 1 atom stereocenters. The molecule has 90 valence electrons. The van der Waals surface area contributed by atoms with Gasteiger partial charge in [-0.1, -0.05) is 22.9 Å². The van der Waals surface area contributed by atoms with Gasteiger partial charge in [-0.25, -0.2) is 0 Å². The molecule has 1 amide bonds. The Kier molecular flexibility index (Phi) is 6.54. The van der Waals surface area contributed by atoms with E-state index in [4.69, 9.17) is 0 Å². The van der Waals surface area contributed by atoms with E-state index in [1.807, 2.05) is 6.07 Å². The van der Waals surface area contributed by atoms with E-state index in [9.17, 15) is 4.79 Å². The molecular weight excluding hydrogens is 422 g/mol. The Morgan fingerprint density at radius 3 is 2.75 bits per heavy atom. The number of halogens is 3. The maximum atomic E-state index is 11.8. The fourth-order valence-corrected chi connectivity index (χ4v) is 3.83. The van der Waals surface area contributed by atoms with Crippen LogP contribution in [0.1, 0.15) is 23.0 Å². The average molecular weight is 434 g/mol. The highest BCUT2D eigenvalue weighted by atomic mass is 79.9. The molecule has 1 N–H and O–H groups in total. The second kappa shape index (κ2) is 7.13. The number of carbonyl (C=O) groups excluding carboxylic acids is 1. The van der Waals surface area contributed by atoms with Crippen molar-refractivity contribution in [3.05, 3.63) is 19.2 Å². The third-order valence-electron chi connectivity index (χ3n) is 2.08. The van der Waals surface area contributed by atoms with Crippen LogP contribution in [0.4, 0.5) is 0 Å². The van der Waals surface area contributed by atoms with Gasteiger partial charge in [-0.2, -0.15) is 0 Å². The molecule has 1 aromatic heterocycles. The number of thiophene rings is 1. The summed E-state index contributed by atoms with van der Waals surface area (Å²) in [5, 5.41) is 3.91. The fraction of sp³-hybridized carbons (Fsp3) is 0.500. The molecule has 1 aromatic rings. The van der Waals surface area contributed by atoms with Crippen molar-refractivity contribution in [2.45, 2.75) is 13.3 Å². The van der Waals surface area contributed by atoms with Gasteiger partial charge in [0.05, 0.1) is 8.66 Å². The predicted octanol–water partition coefficient (Wildman–Crippen LogP) is 4.42. The van der Waals surface area contributed by atoms with Crippen molar-refractivity contribution in [2.24, 2.45) is 5.92 Å². The van der Waals surface area contributed by atoms with Gasteiger partial charge in [0.15, 0.2) is 0 Å². The Morgan fingerprint density at radius 1 is 1.56 bits per heavy atom. The summed E-state index contributed by atoms with van der Waals surface area (Å²) in [7, 11) is 0. The quantitative estimate of drug-likeness (QED) is 0.684. The average Bonchev–Trinajstić information content (AvgIpc) is 2.56. The van der Waals surface area contributed by atoms with Crippen molar-refractivity contribution in [1.82, 2.24) is 5.32 Å². The highest BCUT2D eigenvalue weighted by molar-refractivity contribution is 9.13. The summed E-state index contributed by atoms with van der Waals surface area (Å²) in [6.07, 6.45) is 1.07. The van der Waals surface area contributed by atoms with Gasteiger partial charge >= 0.3 is 0 Å². The van der Waals surface area contributed by atoms with E-state index in [-0.39, 0.29) is 5.91 Å². The minimum atomic E-state index is -0.00202. The van der Waals surface area contributed by atoms with Crippen molar-refractivity contribution in [3.63, 3.8) is 0 Å². The molecule has 0 aliphatic heterocycles. The highest BCUT2D eigenvalue weighted by Crippen LogP contribution is 2.32. The van der Waals surface area contributed by atoms with Crippen LogP contribution in [0, 0.1) is 5.92 Å². The van der Waals surface area contributed by atoms with Crippen LogP contribution in [-0.2, 0) is 0 Å². The van der Waals surface area contributed by atoms with Crippen molar-refractivity contribution >= 4 is 65.0 Å². The SMILES string of the molecule is CC(CCBr)CNC(=O)c1cc(Br)c(Br)s1. The van der Waals surface area contributed by atoms with Crippen LogP contribution in [0.2, 0.25) is 0 Å². The molecule has 0 radical (unpaired) electrons. The molecule has 0 aliphatic carbocycles. The van der Waals surface area contributed by atoms with Gasteiger partial charge in [0.25, 0.3) is 5.91 Å². The molecule has 16 heavy (non-hydrogen) atoms. The molecular formula is C10H12Br3NOS. The van der Waals surface area contributed by atoms with Gasteiger partial charge in [-0.05, 0) is 50.3 Å². The summed E-state index contributed by atoms with van der Waals surface area (Å²) < 4.78 is 1.88. The zero-order valence-corrected chi connectivity index (χ0v) is 14.3. The number of amides is 1. The molecule has 0 spiro atoms. The minimum absolute atomic E-state index is 0.00202. The van der Waals surface area contributed by atoms with Crippen LogP contribution in [0.25, 0.3) is 0 Å². The molecule has 0 saturated carbocycles. The molecule has 1 rings (SSSR count). The van der Waals surface area contributed by atoms with E-state index < -0.39 is 0 Å². The molecule has 1 unspecified atom stereocenters. The summed E-state index contributed by atoms with van der Waals surface area (Å²) >= 11 is 11.6. The second-order valence-electron chi connectivity index (χ2n) is 3.53. The van der Waals surface area contributed by atoms with Crippen molar-refractivity contribution < 1.29 is 4.79 Å². The van der Waals surface area contributed by atoms with E-state index >= 15 is 0 Å². The van der Waals surface area contributed by atoms with Crippen LogP contribution in [0.5, 0.6) is 0 Å². The van der Waals surface area contributed by atoms with Gasteiger partial charge in [0.1, 0.15) is 0 Å². The topological polar surface area (TPSA) is 29.1 Å². The van der Waals surface area contributed by atoms with E-state index in [0.29, 0.717) is 5.92 Å². The largest absolute Gasteiger partial charge is 0.351 e. The smallest absolute Gasteiger partial charge is 0.261 e. The number of rotatable bonds is 5. The van der Waals surface area contributed by atoms with Crippen molar-refractivity contribution in [3.8, 4) is 0 Å². The number of nitrogens with one attached hydrogen (secondary N) is 1. The number of hydrogen-bond donors (Lipinski definition) is 1. The van der Waals surface area contributed by atoms with Gasteiger partial charge in [0, 0.05) is 16.3 Å². The molecule has 0 aromatic carbocycles.